The maximum atomic E-state index is 13.6. The van der Waals surface area contributed by atoms with Crippen LogP contribution in [0.2, 0.25) is 0 Å². The van der Waals surface area contributed by atoms with E-state index in [0.29, 0.717) is 29.1 Å². The van der Waals surface area contributed by atoms with Crippen molar-refractivity contribution in [2.24, 2.45) is 5.73 Å². The van der Waals surface area contributed by atoms with Gasteiger partial charge < -0.3 is 21.3 Å². The van der Waals surface area contributed by atoms with Gasteiger partial charge in [-0.05, 0) is 42.0 Å². The summed E-state index contributed by atoms with van der Waals surface area (Å²) in [7, 11) is 0. The number of amides is 1. The lowest BCUT2D eigenvalue weighted by atomic mass is 10.1. The number of hydrogen-bond acceptors (Lipinski definition) is 7. The molecule has 1 aliphatic heterocycles. The zero-order chi connectivity index (χ0) is 26.2. The number of carbonyl (C=O) groups excluding carboxylic acids is 1. The fraction of sp³-hybridized carbons (Fsp3) is 0.296. The fourth-order valence-corrected chi connectivity index (χ4v) is 4.30. The molecule has 1 amide bonds. The molecule has 2 heterocycles. The summed E-state index contributed by atoms with van der Waals surface area (Å²) in [5.41, 5.74) is 8.94. The topological polar surface area (TPSA) is 110 Å². The van der Waals surface area contributed by atoms with Crippen molar-refractivity contribution >= 4 is 28.8 Å². The van der Waals surface area contributed by atoms with Crippen molar-refractivity contribution < 1.29 is 13.6 Å². The maximum absolute atomic E-state index is 13.6. The average Bonchev–Trinajstić information content (AvgIpc) is 2.87. The molecule has 4 N–H and O–H groups in total. The highest BCUT2D eigenvalue weighted by Gasteiger charge is 2.17. The molecule has 1 aromatic heterocycles. The number of anilines is 4. The summed E-state index contributed by atoms with van der Waals surface area (Å²) in [6.45, 7) is 4.65. The predicted molar refractivity (Wildman–Crippen MR) is 139 cm³/mol. The van der Waals surface area contributed by atoms with E-state index in [1.54, 1.807) is 12.3 Å². The van der Waals surface area contributed by atoms with Crippen LogP contribution in [0.25, 0.3) is 0 Å². The van der Waals surface area contributed by atoms with Crippen LogP contribution < -0.4 is 21.3 Å². The van der Waals surface area contributed by atoms with Gasteiger partial charge in [-0.1, -0.05) is 0 Å². The maximum Gasteiger partial charge on any atom is 0.221 e. The number of nitriles is 1. The molecule has 0 aliphatic carbocycles. The standard InChI is InChI=1S/C27H29F2N7O/c28-21-12-19(13-22(29)15-21)17-32-25-16-27(33-18-20(25)14-26(31)37)34-23-2-4-24(5-3-23)36-10-8-35(9-11-36)7-1-6-30/h2-5,12-13,15-16,18H,1,7-11,14,17H2,(H2,31,37)(H2,32,33,34). The second-order valence-electron chi connectivity index (χ2n) is 8.91. The predicted octanol–water partition coefficient (Wildman–Crippen LogP) is 3.78. The molecule has 1 aliphatic rings. The highest BCUT2D eigenvalue weighted by atomic mass is 19.1. The Balaban J connectivity index is 1.42. The molecule has 1 fully saturated rings. The molecule has 0 spiro atoms. The molecule has 0 unspecified atom stereocenters. The summed E-state index contributed by atoms with van der Waals surface area (Å²) in [5.74, 6) is -1.28. The number of nitrogens with one attached hydrogen (secondary N) is 2. The van der Waals surface area contributed by atoms with Gasteiger partial charge in [0.25, 0.3) is 0 Å². The number of nitrogens with zero attached hydrogens (tertiary/aromatic N) is 4. The van der Waals surface area contributed by atoms with E-state index < -0.39 is 17.5 Å². The van der Waals surface area contributed by atoms with Crippen molar-refractivity contribution in [1.29, 1.82) is 5.26 Å². The number of aromatic nitrogens is 1. The summed E-state index contributed by atoms with van der Waals surface area (Å²) in [6.07, 6.45) is 2.09. The van der Waals surface area contributed by atoms with Crippen molar-refractivity contribution in [3.05, 3.63) is 77.5 Å². The van der Waals surface area contributed by atoms with E-state index >= 15 is 0 Å². The Bertz CT molecular complexity index is 1250. The van der Waals surface area contributed by atoms with E-state index in [1.165, 1.54) is 12.1 Å². The van der Waals surface area contributed by atoms with Gasteiger partial charge in [-0.25, -0.2) is 13.8 Å². The minimum absolute atomic E-state index is 0.0222. The Morgan fingerprint density at radius 1 is 1.05 bits per heavy atom. The molecule has 0 saturated carbocycles. The largest absolute Gasteiger partial charge is 0.381 e. The lowest BCUT2D eigenvalue weighted by molar-refractivity contribution is -0.117. The molecule has 3 aromatic rings. The molecular weight excluding hydrogens is 476 g/mol. The van der Waals surface area contributed by atoms with Gasteiger partial charge in [-0.3, -0.25) is 9.69 Å². The van der Waals surface area contributed by atoms with Crippen molar-refractivity contribution in [2.45, 2.75) is 19.4 Å². The van der Waals surface area contributed by atoms with E-state index in [2.05, 4.69) is 31.5 Å². The summed E-state index contributed by atoms with van der Waals surface area (Å²) in [5, 5.41) is 15.2. The van der Waals surface area contributed by atoms with Crippen LogP contribution in [0.5, 0.6) is 0 Å². The van der Waals surface area contributed by atoms with E-state index in [-0.39, 0.29) is 13.0 Å². The molecule has 2 aromatic carbocycles. The van der Waals surface area contributed by atoms with Gasteiger partial charge in [0.05, 0.1) is 12.5 Å². The van der Waals surface area contributed by atoms with Crippen molar-refractivity contribution in [3.8, 4) is 6.07 Å². The van der Waals surface area contributed by atoms with Gasteiger partial charge in [-0.15, -0.1) is 0 Å². The lowest BCUT2D eigenvalue weighted by Gasteiger charge is -2.35. The van der Waals surface area contributed by atoms with Gasteiger partial charge >= 0.3 is 0 Å². The molecule has 1 saturated heterocycles. The fourth-order valence-electron chi connectivity index (χ4n) is 4.30. The van der Waals surface area contributed by atoms with Gasteiger partial charge in [0.2, 0.25) is 5.91 Å². The first-order chi connectivity index (χ1) is 17.9. The first-order valence-corrected chi connectivity index (χ1v) is 12.1. The number of piperazine rings is 1. The quantitative estimate of drug-likeness (QED) is 0.385. The van der Waals surface area contributed by atoms with Gasteiger partial charge in [0.1, 0.15) is 17.5 Å². The normalized spacial score (nSPS) is 13.7. The molecule has 4 rings (SSSR count). The number of hydrogen-bond donors (Lipinski definition) is 3. The molecule has 192 valence electrons. The molecule has 37 heavy (non-hydrogen) atoms. The molecular formula is C27H29F2N7O. The Kier molecular flexibility index (Phi) is 8.48. The van der Waals surface area contributed by atoms with E-state index in [4.69, 9.17) is 11.0 Å². The number of halogens is 2. The second-order valence-corrected chi connectivity index (χ2v) is 8.91. The number of nitrogens with two attached hydrogens (primary N) is 1. The lowest BCUT2D eigenvalue weighted by Crippen LogP contribution is -2.46. The third kappa shape index (κ3) is 7.38. The zero-order valence-corrected chi connectivity index (χ0v) is 20.4. The third-order valence-corrected chi connectivity index (χ3v) is 6.17. The molecule has 0 radical (unpaired) electrons. The number of pyridine rings is 1. The van der Waals surface area contributed by atoms with Crippen LogP contribution in [0.1, 0.15) is 17.5 Å². The molecule has 0 atom stereocenters. The molecule has 10 heteroatoms. The average molecular weight is 506 g/mol. The van der Waals surface area contributed by atoms with Crippen LogP contribution in [0.3, 0.4) is 0 Å². The highest BCUT2D eigenvalue weighted by Crippen LogP contribution is 2.25. The van der Waals surface area contributed by atoms with E-state index in [9.17, 15) is 13.6 Å². The van der Waals surface area contributed by atoms with E-state index in [0.717, 1.165) is 50.2 Å². The smallest absolute Gasteiger partial charge is 0.221 e. The Hall–Kier alpha value is -4.23. The van der Waals surface area contributed by atoms with Gasteiger partial charge in [0, 0.05) is 86.6 Å². The number of primary amides is 1. The minimum Gasteiger partial charge on any atom is -0.381 e. The Morgan fingerprint density at radius 3 is 2.41 bits per heavy atom. The Morgan fingerprint density at radius 2 is 1.76 bits per heavy atom. The summed E-state index contributed by atoms with van der Waals surface area (Å²) < 4.78 is 27.1. The van der Waals surface area contributed by atoms with Gasteiger partial charge in [0.15, 0.2) is 0 Å². The van der Waals surface area contributed by atoms with Gasteiger partial charge in [-0.2, -0.15) is 5.26 Å². The number of carbonyl (C=O) groups is 1. The van der Waals surface area contributed by atoms with Crippen LogP contribution >= 0.6 is 0 Å². The van der Waals surface area contributed by atoms with Crippen molar-refractivity contribution in [1.82, 2.24) is 9.88 Å². The number of rotatable bonds is 10. The summed E-state index contributed by atoms with van der Waals surface area (Å²) in [4.78, 5) is 20.5. The Labute approximate surface area is 214 Å². The summed E-state index contributed by atoms with van der Waals surface area (Å²) in [6, 6.07) is 15.3. The summed E-state index contributed by atoms with van der Waals surface area (Å²) >= 11 is 0. The first kappa shape index (κ1) is 25.9. The first-order valence-electron chi connectivity index (χ1n) is 12.1. The SMILES string of the molecule is N#CCCN1CCN(c2ccc(Nc3cc(NCc4cc(F)cc(F)c4)c(CC(N)=O)cn3)cc2)CC1. The van der Waals surface area contributed by atoms with Crippen LogP contribution in [-0.4, -0.2) is 48.5 Å². The highest BCUT2D eigenvalue weighted by molar-refractivity contribution is 5.79. The zero-order valence-electron chi connectivity index (χ0n) is 20.4. The number of benzene rings is 2. The van der Waals surface area contributed by atoms with Crippen molar-refractivity contribution in [3.63, 3.8) is 0 Å². The van der Waals surface area contributed by atoms with Crippen LogP contribution in [0.4, 0.5) is 31.7 Å². The van der Waals surface area contributed by atoms with Crippen LogP contribution in [0.15, 0.2) is 54.7 Å². The molecule has 8 nitrogen and oxygen atoms in total. The minimum atomic E-state index is -0.657. The van der Waals surface area contributed by atoms with Crippen LogP contribution in [-0.2, 0) is 17.8 Å². The van der Waals surface area contributed by atoms with Crippen molar-refractivity contribution in [2.75, 3.05) is 48.3 Å². The molecule has 0 bridgehead atoms. The third-order valence-electron chi connectivity index (χ3n) is 6.17. The van der Waals surface area contributed by atoms with Crippen LogP contribution in [0, 0.1) is 23.0 Å². The monoisotopic (exact) mass is 505 g/mol. The second kappa shape index (κ2) is 12.1. The van der Waals surface area contributed by atoms with E-state index in [1.807, 2.05) is 24.3 Å².